The number of thioether (sulfide) groups is 1. The van der Waals surface area contributed by atoms with Crippen LogP contribution in [0.3, 0.4) is 0 Å². The molecule has 1 aromatic rings. The number of pyridine rings is 1. The van der Waals surface area contributed by atoms with Gasteiger partial charge in [0.1, 0.15) is 6.04 Å². The molecule has 0 spiro atoms. The zero-order chi connectivity index (χ0) is 19.3. The Kier molecular flexibility index (Phi) is 6.74. The van der Waals surface area contributed by atoms with Gasteiger partial charge in [-0.1, -0.05) is 6.92 Å². The fourth-order valence-corrected chi connectivity index (χ4v) is 3.37. The number of hydrogen-bond acceptors (Lipinski definition) is 5. The number of carbonyl (C=O) groups excluding carboxylic acids is 2. The summed E-state index contributed by atoms with van der Waals surface area (Å²) in [5.41, 5.74) is 0.188. The molecule has 1 aliphatic heterocycles. The first-order valence-corrected chi connectivity index (χ1v) is 9.21. The van der Waals surface area contributed by atoms with Gasteiger partial charge in [0.25, 0.3) is 5.91 Å². The van der Waals surface area contributed by atoms with E-state index in [2.05, 4.69) is 15.0 Å². The van der Waals surface area contributed by atoms with Crippen LogP contribution in [0.25, 0.3) is 0 Å². The number of rotatable bonds is 6. The molecule has 2 amide bonds. The zero-order valence-corrected chi connectivity index (χ0v) is 15.2. The number of aromatic nitrogens is 1. The molecule has 144 valence electrons. The molecule has 2 atom stereocenters. The van der Waals surface area contributed by atoms with E-state index in [1.54, 1.807) is 0 Å². The maximum absolute atomic E-state index is 12.6. The van der Waals surface area contributed by atoms with E-state index in [-0.39, 0.29) is 23.4 Å². The topological polar surface area (TPSA) is 71.5 Å². The van der Waals surface area contributed by atoms with Gasteiger partial charge in [-0.05, 0) is 19.4 Å². The van der Waals surface area contributed by atoms with Gasteiger partial charge < -0.3 is 15.0 Å². The standard InChI is InChI=1S/C16H20F3N3O3S/c1-3-10(2)21-14(23)12-7-26-9-22(12)15(24)11-4-5-13(20-6-11)25-8-16(17,18)19/h4-6,10,12H,3,7-9H2,1-2H3,(H,21,23)/t10-,12+/m0/s1. The van der Waals surface area contributed by atoms with Crippen molar-refractivity contribution in [2.75, 3.05) is 18.2 Å². The second-order valence-corrected chi connectivity index (χ2v) is 6.90. The largest absolute Gasteiger partial charge is 0.468 e. The van der Waals surface area contributed by atoms with Gasteiger partial charge in [-0.3, -0.25) is 9.59 Å². The van der Waals surface area contributed by atoms with Crippen molar-refractivity contribution in [3.05, 3.63) is 23.9 Å². The van der Waals surface area contributed by atoms with Crippen LogP contribution in [0.4, 0.5) is 13.2 Å². The monoisotopic (exact) mass is 391 g/mol. The van der Waals surface area contributed by atoms with Crippen LogP contribution in [0.5, 0.6) is 5.88 Å². The maximum atomic E-state index is 12.6. The average molecular weight is 391 g/mol. The molecule has 1 saturated heterocycles. The summed E-state index contributed by atoms with van der Waals surface area (Å²) >= 11 is 1.46. The molecule has 0 aromatic carbocycles. The van der Waals surface area contributed by atoms with Crippen LogP contribution >= 0.6 is 11.8 Å². The molecule has 1 aromatic heterocycles. The quantitative estimate of drug-likeness (QED) is 0.807. The van der Waals surface area contributed by atoms with Gasteiger partial charge in [-0.2, -0.15) is 13.2 Å². The highest BCUT2D eigenvalue weighted by Gasteiger charge is 2.35. The number of halogens is 3. The van der Waals surface area contributed by atoms with Crippen molar-refractivity contribution in [1.29, 1.82) is 0 Å². The molecule has 1 aliphatic rings. The lowest BCUT2D eigenvalue weighted by atomic mass is 10.2. The minimum absolute atomic E-state index is 0.0109. The molecule has 0 bridgehead atoms. The molecule has 2 rings (SSSR count). The Balaban J connectivity index is 2.02. The Morgan fingerprint density at radius 3 is 2.77 bits per heavy atom. The smallest absolute Gasteiger partial charge is 0.422 e. The Bertz CT molecular complexity index is 640. The van der Waals surface area contributed by atoms with E-state index < -0.39 is 24.7 Å². The number of nitrogens with zero attached hydrogens (tertiary/aromatic N) is 2. The molecule has 2 heterocycles. The number of ether oxygens (including phenoxy) is 1. The Morgan fingerprint density at radius 2 is 2.19 bits per heavy atom. The lowest BCUT2D eigenvalue weighted by Gasteiger charge is -2.24. The molecule has 10 heteroatoms. The normalized spacial score (nSPS) is 18.5. The first-order valence-electron chi connectivity index (χ1n) is 8.06. The minimum Gasteiger partial charge on any atom is -0.468 e. The van der Waals surface area contributed by atoms with Crippen LogP contribution in [-0.2, 0) is 4.79 Å². The van der Waals surface area contributed by atoms with E-state index in [4.69, 9.17) is 0 Å². The molecular weight excluding hydrogens is 371 g/mol. The number of nitrogens with one attached hydrogen (secondary N) is 1. The first kappa shape index (κ1) is 20.3. The van der Waals surface area contributed by atoms with Crippen molar-refractivity contribution in [2.24, 2.45) is 0 Å². The summed E-state index contributed by atoms with van der Waals surface area (Å²) in [4.78, 5) is 30.1. The van der Waals surface area contributed by atoms with Gasteiger partial charge in [-0.25, -0.2) is 4.98 Å². The average Bonchev–Trinajstić information content (AvgIpc) is 3.08. The third-order valence-corrected chi connectivity index (χ3v) is 4.83. The molecular formula is C16H20F3N3O3S. The maximum Gasteiger partial charge on any atom is 0.422 e. The summed E-state index contributed by atoms with van der Waals surface area (Å²) in [6.45, 7) is 2.38. The highest BCUT2D eigenvalue weighted by atomic mass is 32.2. The highest BCUT2D eigenvalue weighted by Crippen LogP contribution is 2.24. The van der Waals surface area contributed by atoms with Crippen molar-refractivity contribution < 1.29 is 27.5 Å². The van der Waals surface area contributed by atoms with E-state index in [1.807, 2.05) is 13.8 Å². The SMILES string of the molecule is CC[C@H](C)NC(=O)[C@H]1CSCN1C(=O)c1ccc(OCC(F)(F)F)nc1. The molecule has 0 unspecified atom stereocenters. The highest BCUT2D eigenvalue weighted by molar-refractivity contribution is 7.99. The zero-order valence-electron chi connectivity index (χ0n) is 14.4. The van der Waals surface area contributed by atoms with Crippen LogP contribution in [0, 0.1) is 0 Å². The summed E-state index contributed by atoms with van der Waals surface area (Å²) in [5, 5.41) is 2.86. The predicted octanol–water partition coefficient (Wildman–Crippen LogP) is 2.45. The van der Waals surface area contributed by atoms with Crippen LogP contribution in [0.15, 0.2) is 18.3 Å². The van der Waals surface area contributed by atoms with Crippen molar-refractivity contribution in [3.8, 4) is 5.88 Å². The number of amides is 2. The van der Waals surface area contributed by atoms with Gasteiger partial charge in [-0.15, -0.1) is 11.8 Å². The minimum atomic E-state index is -4.46. The molecule has 26 heavy (non-hydrogen) atoms. The second-order valence-electron chi connectivity index (χ2n) is 5.90. The summed E-state index contributed by atoms with van der Waals surface area (Å²) in [6, 6.07) is 1.98. The fraction of sp³-hybridized carbons (Fsp3) is 0.562. The lowest BCUT2D eigenvalue weighted by Crippen LogP contribution is -2.49. The number of alkyl halides is 3. The molecule has 1 N–H and O–H groups in total. The summed E-state index contributed by atoms with van der Waals surface area (Å²) in [6.07, 6.45) is -2.53. The lowest BCUT2D eigenvalue weighted by molar-refractivity contribution is -0.154. The van der Waals surface area contributed by atoms with Crippen molar-refractivity contribution in [3.63, 3.8) is 0 Å². The van der Waals surface area contributed by atoms with Crippen molar-refractivity contribution >= 4 is 23.6 Å². The Hall–Kier alpha value is -1.97. The molecule has 0 saturated carbocycles. The predicted molar refractivity (Wildman–Crippen MR) is 91.0 cm³/mol. The first-order chi connectivity index (χ1) is 12.2. The number of carbonyl (C=O) groups is 2. The second kappa shape index (κ2) is 8.61. The van der Waals surface area contributed by atoms with E-state index >= 15 is 0 Å². The van der Waals surface area contributed by atoms with E-state index in [0.29, 0.717) is 11.6 Å². The number of hydrogen-bond donors (Lipinski definition) is 1. The van der Waals surface area contributed by atoms with Crippen LogP contribution in [0.1, 0.15) is 30.6 Å². The third-order valence-electron chi connectivity index (χ3n) is 3.81. The van der Waals surface area contributed by atoms with Crippen molar-refractivity contribution in [1.82, 2.24) is 15.2 Å². The summed E-state index contributed by atoms with van der Waals surface area (Å²) in [7, 11) is 0. The molecule has 0 radical (unpaired) electrons. The Labute approximate surface area is 153 Å². The van der Waals surface area contributed by atoms with Gasteiger partial charge in [0.15, 0.2) is 6.61 Å². The van der Waals surface area contributed by atoms with Gasteiger partial charge in [0, 0.05) is 24.1 Å². The van der Waals surface area contributed by atoms with Crippen LogP contribution in [0.2, 0.25) is 0 Å². The van der Waals surface area contributed by atoms with Crippen LogP contribution < -0.4 is 10.1 Å². The van der Waals surface area contributed by atoms with Gasteiger partial charge in [0.05, 0.1) is 11.4 Å². The van der Waals surface area contributed by atoms with E-state index in [0.717, 1.165) is 12.6 Å². The molecule has 1 fully saturated rings. The fourth-order valence-electron chi connectivity index (χ4n) is 2.21. The van der Waals surface area contributed by atoms with E-state index in [9.17, 15) is 22.8 Å². The van der Waals surface area contributed by atoms with Gasteiger partial charge >= 0.3 is 6.18 Å². The Morgan fingerprint density at radius 1 is 1.46 bits per heavy atom. The van der Waals surface area contributed by atoms with Crippen LogP contribution in [-0.4, -0.2) is 58.2 Å². The van der Waals surface area contributed by atoms with Gasteiger partial charge in [0.2, 0.25) is 11.8 Å². The third kappa shape index (κ3) is 5.52. The van der Waals surface area contributed by atoms with E-state index in [1.165, 1.54) is 28.8 Å². The summed E-state index contributed by atoms with van der Waals surface area (Å²) in [5.74, 6) is 0.0310. The molecule has 0 aliphatic carbocycles. The summed E-state index contributed by atoms with van der Waals surface area (Å²) < 4.78 is 40.9. The molecule has 6 nitrogen and oxygen atoms in total. The van der Waals surface area contributed by atoms with Crippen molar-refractivity contribution in [2.45, 2.75) is 38.5 Å².